The Labute approximate surface area is 179 Å². The number of rotatable bonds is 5. The Kier molecular flexibility index (Phi) is 6.63. The Bertz CT molecular complexity index is 1100. The number of carbonyl (C=O) groups excluding carboxylic acids is 1. The van der Waals surface area contributed by atoms with E-state index in [2.05, 4.69) is 20.3 Å². The molecule has 1 fully saturated rings. The van der Waals surface area contributed by atoms with Crippen molar-refractivity contribution in [3.05, 3.63) is 46.5 Å². The van der Waals surface area contributed by atoms with Crippen molar-refractivity contribution in [3.8, 4) is 16.9 Å². The Hall–Kier alpha value is -3.04. The van der Waals surface area contributed by atoms with Crippen LogP contribution in [0.5, 0.6) is 5.75 Å². The summed E-state index contributed by atoms with van der Waals surface area (Å²) in [6.07, 6.45) is 1.50. The summed E-state index contributed by atoms with van der Waals surface area (Å²) in [5.41, 5.74) is 1.46. The van der Waals surface area contributed by atoms with Crippen LogP contribution in [0.3, 0.4) is 0 Å². The van der Waals surface area contributed by atoms with Crippen LogP contribution >= 0.6 is 12.4 Å². The molecule has 3 aromatic rings. The highest BCUT2D eigenvalue weighted by atomic mass is 35.5. The fourth-order valence-corrected chi connectivity index (χ4v) is 3.58. The number of ether oxygens (including phenoxy) is 2. The van der Waals surface area contributed by atoms with Gasteiger partial charge in [0.1, 0.15) is 17.0 Å². The largest absolute Gasteiger partial charge is 0.496 e. The molecule has 1 aromatic carbocycles. The van der Waals surface area contributed by atoms with Crippen LogP contribution in [0, 0.1) is 0 Å². The maximum absolute atomic E-state index is 13.0. The van der Waals surface area contributed by atoms with Crippen LogP contribution < -0.4 is 20.5 Å². The maximum atomic E-state index is 13.0. The smallest absolute Gasteiger partial charge is 0.356 e. The van der Waals surface area contributed by atoms with Gasteiger partial charge in [-0.3, -0.25) is 4.79 Å². The number of anilines is 1. The number of H-pyrrole nitrogens is 1. The minimum absolute atomic E-state index is 0. The van der Waals surface area contributed by atoms with Crippen LogP contribution in [0.1, 0.15) is 17.4 Å². The van der Waals surface area contributed by atoms with Crippen molar-refractivity contribution in [2.75, 3.05) is 44.8 Å². The molecule has 2 aromatic heterocycles. The van der Waals surface area contributed by atoms with E-state index in [1.165, 1.54) is 10.7 Å². The molecular weight excluding hydrogens is 410 g/mol. The first-order valence-electron chi connectivity index (χ1n) is 9.56. The van der Waals surface area contributed by atoms with E-state index in [0.717, 1.165) is 31.7 Å². The first kappa shape index (κ1) is 21.7. The fourth-order valence-electron chi connectivity index (χ4n) is 3.58. The lowest BCUT2D eigenvalue weighted by atomic mass is 10.0. The Morgan fingerprint density at radius 3 is 2.67 bits per heavy atom. The molecule has 10 heteroatoms. The van der Waals surface area contributed by atoms with Gasteiger partial charge >= 0.3 is 5.97 Å². The minimum Gasteiger partial charge on any atom is -0.496 e. The Morgan fingerprint density at radius 2 is 1.97 bits per heavy atom. The molecule has 0 atom stereocenters. The number of fused-ring (bicyclic) bond motifs is 1. The van der Waals surface area contributed by atoms with E-state index < -0.39 is 11.5 Å². The molecule has 2 N–H and O–H groups in total. The van der Waals surface area contributed by atoms with Crippen LogP contribution in [0.4, 0.5) is 5.82 Å². The zero-order valence-electron chi connectivity index (χ0n) is 16.8. The van der Waals surface area contributed by atoms with Crippen molar-refractivity contribution in [2.45, 2.75) is 6.92 Å². The molecule has 0 aliphatic carbocycles. The van der Waals surface area contributed by atoms with Crippen molar-refractivity contribution in [2.24, 2.45) is 0 Å². The summed E-state index contributed by atoms with van der Waals surface area (Å²) in [7, 11) is 1.60. The van der Waals surface area contributed by atoms with Gasteiger partial charge in [0.15, 0.2) is 5.82 Å². The molecule has 0 spiro atoms. The molecule has 9 nitrogen and oxygen atoms in total. The first-order valence-corrected chi connectivity index (χ1v) is 9.56. The molecule has 0 saturated carbocycles. The number of aromatic amines is 1. The summed E-state index contributed by atoms with van der Waals surface area (Å²) in [6.45, 7) is 5.10. The zero-order valence-corrected chi connectivity index (χ0v) is 17.6. The van der Waals surface area contributed by atoms with Gasteiger partial charge in [0.2, 0.25) is 0 Å². The van der Waals surface area contributed by atoms with Crippen molar-refractivity contribution in [1.29, 1.82) is 0 Å². The third-order valence-corrected chi connectivity index (χ3v) is 4.89. The summed E-state index contributed by atoms with van der Waals surface area (Å²) >= 11 is 0. The normalized spacial score (nSPS) is 13.7. The second kappa shape index (κ2) is 9.19. The van der Waals surface area contributed by atoms with Gasteiger partial charge in [-0.1, -0.05) is 18.2 Å². The SMILES string of the molecule is CCOC(=O)c1cn2nc(N3CCNCC3)c(-c3ccccc3OC)c2c(=O)[nH]1.Cl. The van der Waals surface area contributed by atoms with Crippen LogP contribution in [-0.4, -0.2) is 60.5 Å². The number of nitrogens with one attached hydrogen (secondary N) is 2. The average Bonchev–Trinajstić information content (AvgIpc) is 3.14. The number of esters is 1. The molecular formula is C20H24ClN5O4. The molecule has 0 unspecified atom stereocenters. The molecule has 0 radical (unpaired) electrons. The van der Waals surface area contributed by atoms with Crippen molar-refractivity contribution >= 4 is 29.7 Å². The number of halogens is 1. The quantitative estimate of drug-likeness (QED) is 0.590. The number of benzene rings is 1. The highest BCUT2D eigenvalue weighted by molar-refractivity contribution is 5.93. The van der Waals surface area contributed by atoms with E-state index in [4.69, 9.17) is 9.47 Å². The van der Waals surface area contributed by atoms with Gasteiger partial charge in [0, 0.05) is 31.7 Å². The number of para-hydroxylation sites is 1. The fraction of sp³-hybridized carbons (Fsp3) is 0.350. The van der Waals surface area contributed by atoms with E-state index in [-0.39, 0.29) is 24.7 Å². The monoisotopic (exact) mass is 433 g/mol. The first-order chi connectivity index (χ1) is 14.1. The molecule has 1 aliphatic heterocycles. The molecule has 3 heterocycles. The summed E-state index contributed by atoms with van der Waals surface area (Å²) in [5.74, 6) is 0.736. The number of aromatic nitrogens is 3. The van der Waals surface area contributed by atoms with E-state index in [9.17, 15) is 9.59 Å². The van der Waals surface area contributed by atoms with Gasteiger partial charge < -0.3 is 24.7 Å². The lowest BCUT2D eigenvalue weighted by molar-refractivity contribution is 0.0518. The Balaban J connectivity index is 0.00000256. The highest BCUT2D eigenvalue weighted by Gasteiger charge is 2.26. The number of methoxy groups -OCH3 is 1. The van der Waals surface area contributed by atoms with E-state index in [0.29, 0.717) is 22.6 Å². The number of hydrogen-bond donors (Lipinski definition) is 2. The number of piperazine rings is 1. The molecule has 4 rings (SSSR count). The predicted octanol–water partition coefficient (Wildman–Crippen LogP) is 1.71. The topological polar surface area (TPSA) is 101 Å². The molecule has 160 valence electrons. The molecule has 1 aliphatic rings. The van der Waals surface area contributed by atoms with Gasteiger partial charge in [-0.15, -0.1) is 17.5 Å². The summed E-state index contributed by atoms with van der Waals surface area (Å²) in [6, 6.07) is 7.52. The number of nitrogens with zero attached hydrogens (tertiary/aromatic N) is 3. The van der Waals surface area contributed by atoms with E-state index >= 15 is 0 Å². The van der Waals surface area contributed by atoms with E-state index in [1.807, 2.05) is 24.3 Å². The second-order valence-corrected chi connectivity index (χ2v) is 6.65. The molecule has 0 amide bonds. The van der Waals surface area contributed by atoms with Gasteiger partial charge in [-0.2, -0.15) is 0 Å². The average molecular weight is 434 g/mol. The number of hydrogen-bond acceptors (Lipinski definition) is 7. The summed E-state index contributed by atoms with van der Waals surface area (Å²) < 4.78 is 12.0. The van der Waals surface area contributed by atoms with Crippen LogP contribution in [0.15, 0.2) is 35.3 Å². The van der Waals surface area contributed by atoms with Gasteiger partial charge in [0.05, 0.1) is 25.5 Å². The third kappa shape index (κ3) is 3.86. The van der Waals surface area contributed by atoms with Crippen LogP contribution in [0.25, 0.3) is 16.6 Å². The predicted molar refractivity (Wildman–Crippen MR) is 116 cm³/mol. The van der Waals surface area contributed by atoms with Crippen LogP contribution in [-0.2, 0) is 4.74 Å². The second-order valence-electron chi connectivity index (χ2n) is 6.65. The Morgan fingerprint density at radius 1 is 1.23 bits per heavy atom. The standard InChI is InChI=1S/C20H23N5O4.ClH/c1-3-29-20(27)14-12-25-17(19(26)22-14)16(13-6-4-5-7-15(13)28-2)18(23-25)24-10-8-21-9-11-24;/h4-7,12,21H,3,8-11H2,1-2H3,(H,22,26);1H. The summed E-state index contributed by atoms with van der Waals surface area (Å²) in [5, 5.41) is 8.00. The zero-order chi connectivity index (χ0) is 20.4. The maximum Gasteiger partial charge on any atom is 0.356 e. The molecule has 1 saturated heterocycles. The minimum atomic E-state index is -0.593. The lowest BCUT2D eigenvalue weighted by Crippen LogP contribution is -2.43. The number of carbonyl (C=O) groups is 1. The van der Waals surface area contributed by atoms with Gasteiger partial charge in [-0.05, 0) is 13.0 Å². The molecule has 30 heavy (non-hydrogen) atoms. The molecule has 0 bridgehead atoms. The van der Waals surface area contributed by atoms with Crippen molar-refractivity contribution in [3.63, 3.8) is 0 Å². The summed E-state index contributed by atoms with van der Waals surface area (Å²) in [4.78, 5) is 29.9. The van der Waals surface area contributed by atoms with Gasteiger partial charge in [0.25, 0.3) is 5.56 Å². The van der Waals surface area contributed by atoms with Gasteiger partial charge in [-0.25, -0.2) is 9.31 Å². The lowest BCUT2D eigenvalue weighted by Gasteiger charge is -2.28. The van der Waals surface area contributed by atoms with E-state index in [1.54, 1.807) is 14.0 Å². The van der Waals surface area contributed by atoms with Crippen molar-refractivity contribution in [1.82, 2.24) is 19.9 Å². The highest BCUT2D eigenvalue weighted by Crippen LogP contribution is 2.38. The third-order valence-electron chi connectivity index (χ3n) is 4.89. The van der Waals surface area contributed by atoms with Crippen molar-refractivity contribution < 1.29 is 14.3 Å². The van der Waals surface area contributed by atoms with Crippen LogP contribution in [0.2, 0.25) is 0 Å².